The summed E-state index contributed by atoms with van der Waals surface area (Å²) in [5.41, 5.74) is 6.16. The van der Waals surface area contributed by atoms with Gasteiger partial charge in [0.1, 0.15) is 0 Å². The number of nitrogens with one attached hydrogen (secondary N) is 1. The normalized spacial score (nSPS) is 19.4. The maximum atomic E-state index is 5.56. The average molecular weight is 377 g/mol. The Balaban J connectivity index is 1.73. The van der Waals surface area contributed by atoms with Gasteiger partial charge in [0, 0.05) is 31.2 Å². The lowest BCUT2D eigenvalue weighted by molar-refractivity contribution is 0.366. The van der Waals surface area contributed by atoms with Crippen molar-refractivity contribution in [1.29, 1.82) is 0 Å². The van der Waals surface area contributed by atoms with Crippen LogP contribution in [-0.2, 0) is 6.54 Å². The predicted octanol–water partition coefficient (Wildman–Crippen LogP) is 4.15. The van der Waals surface area contributed by atoms with Crippen molar-refractivity contribution in [3.05, 3.63) is 89.0 Å². The molecule has 1 aliphatic heterocycles. The number of rotatable bonds is 4. The molecule has 0 unspecified atom stereocenters. The highest BCUT2D eigenvalue weighted by atomic mass is 32.1. The summed E-state index contributed by atoms with van der Waals surface area (Å²) in [6.45, 7) is 5.26. The summed E-state index contributed by atoms with van der Waals surface area (Å²) >= 11 is 5.56. The third kappa shape index (κ3) is 3.23. The standard InChI is InChI=1S/C22H24N4S/c1-15-13-18(16(2)26(15)14-17-9-5-4-6-10-17)21-20(24-22(27)25(21)3)19-11-7-8-12-23-19/h4-13,20-21H,14H2,1-3H3,(H,24,27)/t20-,21+/m1/s1. The second kappa shape index (κ2) is 7.16. The molecule has 0 radical (unpaired) electrons. The van der Waals surface area contributed by atoms with Crippen LogP contribution in [-0.4, -0.2) is 26.6 Å². The quantitative estimate of drug-likeness (QED) is 0.694. The monoisotopic (exact) mass is 376 g/mol. The Labute approximate surface area is 165 Å². The van der Waals surface area contributed by atoms with Gasteiger partial charge in [0.15, 0.2) is 5.11 Å². The number of hydrogen-bond acceptors (Lipinski definition) is 2. The summed E-state index contributed by atoms with van der Waals surface area (Å²) in [4.78, 5) is 6.73. The fourth-order valence-corrected chi connectivity index (χ4v) is 4.22. The molecule has 4 nitrogen and oxygen atoms in total. The van der Waals surface area contributed by atoms with Crippen LogP contribution in [0.2, 0.25) is 0 Å². The highest BCUT2D eigenvalue weighted by Gasteiger charge is 2.39. The van der Waals surface area contributed by atoms with Crippen LogP contribution in [0.3, 0.4) is 0 Å². The Bertz CT molecular complexity index is 949. The molecule has 3 heterocycles. The zero-order valence-electron chi connectivity index (χ0n) is 15.9. The third-order valence-corrected chi connectivity index (χ3v) is 5.86. The van der Waals surface area contributed by atoms with E-state index in [0.717, 1.165) is 17.4 Å². The van der Waals surface area contributed by atoms with E-state index in [1.807, 2.05) is 18.3 Å². The number of likely N-dealkylation sites (N-methyl/N-ethyl adjacent to an activating group) is 1. The molecule has 1 N–H and O–H groups in total. The smallest absolute Gasteiger partial charge is 0.169 e. The van der Waals surface area contributed by atoms with Crippen LogP contribution in [0.4, 0.5) is 0 Å². The first-order valence-corrected chi connectivity index (χ1v) is 9.62. The van der Waals surface area contributed by atoms with Crippen molar-refractivity contribution in [1.82, 2.24) is 19.8 Å². The fraction of sp³-hybridized carbons (Fsp3) is 0.273. The minimum absolute atomic E-state index is 0.0503. The van der Waals surface area contributed by atoms with Gasteiger partial charge in [-0.2, -0.15) is 0 Å². The van der Waals surface area contributed by atoms with E-state index in [9.17, 15) is 0 Å². The Morgan fingerprint density at radius 2 is 1.81 bits per heavy atom. The fourth-order valence-electron chi connectivity index (χ4n) is 3.98. The molecule has 27 heavy (non-hydrogen) atoms. The van der Waals surface area contributed by atoms with Gasteiger partial charge in [0.05, 0.1) is 17.8 Å². The van der Waals surface area contributed by atoms with Crippen molar-refractivity contribution in [2.45, 2.75) is 32.5 Å². The predicted molar refractivity (Wildman–Crippen MR) is 113 cm³/mol. The third-order valence-electron chi connectivity index (χ3n) is 5.45. The van der Waals surface area contributed by atoms with E-state index in [1.54, 1.807) is 0 Å². The first-order chi connectivity index (χ1) is 13.1. The van der Waals surface area contributed by atoms with Crippen LogP contribution in [0, 0.1) is 13.8 Å². The van der Waals surface area contributed by atoms with Gasteiger partial charge in [-0.25, -0.2) is 0 Å². The molecule has 1 aliphatic rings. The molecule has 2 aromatic heterocycles. The molecule has 5 heteroatoms. The van der Waals surface area contributed by atoms with E-state index in [0.29, 0.717) is 0 Å². The molecular formula is C22H24N4S. The molecule has 1 saturated heterocycles. The minimum Gasteiger partial charge on any atom is -0.352 e. The summed E-state index contributed by atoms with van der Waals surface area (Å²) < 4.78 is 2.38. The van der Waals surface area contributed by atoms with Gasteiger partial charge in [0.2, 0.25) is 0 Å². The Kier molecular flexibility index (Phi) is 4.70. The lowest BCUT2D eigenvalue weighted by atomic mass is 9.97. The Hall–Kier alpha value is -2.66. The van der Waals surface area contributed by atoms with Gasteiger partial charge in [-0.05, 0) is 55.4 Å². The maximum absolute atomic E-state index is 5.56. The van der Waals surface area contributed by atoms with Gasteiger partial charge in [0.25, 0.3) is 0 Å². The number of thiocarbonyl (C=S) groups is 1. The molecule has 0 aliphatic carbocycles. The maximum Gasteiger partial charge on any atom is 0.169 e. The first-order valence-electron chi connectivity index (χ1n) is 9.21. The molecule has 0 bridgehead atoms. The molecule has 0 saturated carbocycles. The van der Waals surface area contributed by atoms with Crippen LogP contribution < -0.4 is 5.32 Å². The number of hydrogen-bond donors (Lipinski definition) is 1. The van der Waals surface area contributed by atoms with Crippen LogP contribution >= 0.6 is 12.2 Å². The van der Waals surface area contributed by atoms with Crippen LogP contribution in [0.15, 0.2) is 60.8 Å². The van der Waals surface area contributed by atoms with E-state index in [4.69, 9.17) is 12.2 Å². The van der Waals surface area contributed by atoms with Crippen molar-refractivity contribution in [3.63, 3.8) is 0 Å². The SMILES string of the molecule is Cc1cc([C@H]2[C@@H](c3ccccn3)NC(=S)N2C)c(C)n1Cc1ccccc1. The molecule has 1 aromatic carbocycles. The van der Waals surface area contributed by atoms with Crippen molar-refractivity contribution >= 4 is 17.3 Å². The van der Waals surface area contributed by atoms with Gasteiger partial charge >= 0.3 is 0 Å². The number of pyridine rings is 1. The van der Waals surface area contributed by atoms with Crippen molar-refractivity contribution < 1.29 is 0 Å². The topological polar surface area (TPSA) is 33.1 Å². The molecule has 3 aromatic rings. The number of nitrogens with zero attached hydrogens (tertiary/aromatic N) is 3. The summed E-state index contributed by atoms with van der Waals surface area (Å²) in [5, 5.41) is 4.23. The van der Waals surface area contributed by atoms with Gasteiger partial charge in [-0.15, -0.1) is 0 Å². The molecule has 0 amide bonds. The highest BCUT2D eigenvalue weighted by molar-refractivity contribution is 7.80. The van der Waals surface area contributed by atoms with E-state index >= 15 is 0 Å². The first kappa shape index (κ1) is 17.7. The van der Waals surface area contributed by atoms with E-state index in [2.05, 4.69) is 83.1 Å². The van der Waals surface area contributed by atoms with Gasteiger partial charge < -0.3 is 14.8 Å². The number of aryl methyl sites for hydroxylation is 1. The molecule has 0 spiro atoms. The van der Waals surface area contributed by atoms with Crippen LogP contribution in [0.1, 0.15) is 40.3 Å². The zero-order chi connectivity index (χ0) is 19.0. The van der Waals surface area contributed by atoms with Crippen molar-refractivity contribution in [2.24, 2.45) is 0 Å². The summed E-state index contributed by atoms with van der Waals surface area (Å²) in [5.74, 6) is 0. The molecule has 4 rings (SSSR count). The molecule has 1 fully saturated rings. The van der Waals surface area contributed by atoms with E-state index in [1.165, 1.54) is 22.5 Å². The largest absolute Gasteiger partial charge is 0.352 e. The zero-order valence-corrected chi connectivity index (χ0v) is 16.7. The van der Waals surface area contributed by atoms with Crippen molar-refractivity contribution in [3.8, 4) is 0 Å². The summed E-state index contributed by atoms with van der Waals surface area (Å²) in [7, 11) is 2.06. The minimum atomic E-state index is 0.0503. The summed E-state index contributed by atoms with van der Waals surface area (Å²) in [6, 6.07) is 19.1. The van der Waals surface area contributed by atoms with Gasteiger partial charge in [-0.3, -0.25) is 4.98 Å². The highest BCUT2D eigenvalue weighted by Crippen LogP contribution is 2.39. The second-order valence-corrected chi connectivity index (χ2v) is 7.52. The lowest BCUT2D eigenvalue weighted by Gasteiger charge is -2.24. The van der Waals surface area contributed by atoms with E-state index < -0.39 is 0 Å². The lowest BCUT2D eigenvalue weighted by Crippen LogP contribution is -2.25. The summed E-state index contributed by atoms with van der Waals surface area (Å²) in [6.07, 6.45) is 1.84. The second-order valence-electron chi connectivity index (χ2n) is 7.14. The van der Waals surface area contributed by atoms with Crippen LogP contribution in [0.5, 0.6) is 0 Å². The van der Waals surface area contributed by atoms with Gasteiger partial charge in [-0.1, -0.05) is 36.4 Å². The number of benzene rings is 1. The molecular weight excluding hydrogens is 352 g/mol. The van der Waals surface area contributed by atoms with Crippen molar-refractivity contribution in [2.75, 3.05) is 7.05 Å². The molecule has 138 valence electrons. The van der Waals surface area contributed by atoms with E-state index in [-0.39, 0.29) is 12.1 Å². The molecule has 2 atom stereocenters. The average Bonchev–Trinajstić information content (AvgIpc) is 3.13. The number of aromatic nitrogens is 2. The van der Waals surface area contributed by atoms with Crippen LogP contribution in [0.25, 0.3) is 0 Å². The Morgan fingerprint density at radius 3 is 2.52 bits per heavy atom. The Morgan fingerprint density at radius 1 is 1.07 bits per heavy atom.